The molecular formula is C26H25N7O3. The van der Waals surface area contributed by atoms with Gasteiger partial charge in [0.05, 0.1) is 26.1 Å². The van der Waals surface area contributed by atoms with Crippen LogP contribution in [-0.4, -0.2) is 52.0 Å². The number of amides is 1. The highest BCUT2D eigenvalue weighted by Gasteiger charge is 2.18. The van der Waals surface area contributed by atoms with E-state index in [2.05, 4.69) is 32.7 Å². The average molecular weight is 484 g/mol. The molecule has 3 heterocycles. The summed E-state index contributed by atoms with van der Waals surface area (Å²) >= 11 is 0. The molecule has 3 aromatic heterocycles. The predicted octanol–water partition coefficient (Wildman–Crippen LogP) is 4.03. The number of H-pyrrole nitrogens is 1. The zero-order chi connectivity index (χ0) is 25.1. The number of carbonyl (C=O) groups excluding carboxylic acids is 1. The minimum Gasteiger partial charge on any atom is -0.497 e. The average Bonchev–Trinajstić information content (AvgIpc) is 3.59. The number of nitrogens with zero attached hydrogens (tertiary/aromatic N) is 5. The summed E-state index contributed by atoms with van der Waals surface area (Å²) in [7, 11) is 5.08. The van der Waals surface area contributed by atoms with Crippen LogP contribution in [0.4, 0.5) is 11.5 Å². The largest absolute Gasteiger partial charge is 0.497 e. The van der Waals surface area contributed by atoms with E-state index in [9.17, 15) is 4.79 Å². The Hall–Kier alpha value is -4.86. The molecule has 5 rings (SSSR count). The molecule has 2 aromatic carbocycles. The summed E-state index contributed by atoms with van der Waals surface area (Å²) in [5.74, 6) is 1.49. The Balaban J connectivity index is 1.50. The Morgan fingerprint density at radius 3 is 2.47 bits per heavy atom. The van der Waals surface area contributed by atoms with Gasteiger partial charge in [-0.2, -0.15) is 10.2 Å². The molecule has 10 heteroatoms. The summed E-state index contributed by atoms with van der Waals surface area (Å²) in [5, 5.41) is 14.3. The van der Waals surface area contributed by atoms with Crippen molar-refractivity contribution in [3.63, 3.8) is 0 Å². The van der Waals surface area contributed by atoms with E-state index in [4.69, 9.17) is 14.5 Å². The number of benzene rings is 2. The lowest BCUT2D eigenvalue weighted by atomic mass is 10.2. The first kappa shape index (κ1) is 22.9. The second kappa shape index (κ2) is 9.79. The lowest BCUT2D eigenvalue weighted by Gasteiger charge is -2.19. The fourth-order valence-electron chi connectivity index (χ4n) is 3.88. The molecule has 10 nitrogen and oxygen atoms in total. The molecule has 1 amide bonds. The van der Waals surface area contributed by atoms with Crippen LogP contribution in [0.2, 0.25) is 0 Å². The van der Waals surface area contributed by atoms with E-state index in [-0.39, 0.29) is 11.6 Å². The molecule has 0 aliphatic carbocycles. The quantitative estimate of drug-likeness (QED) is 0.343. The van der Waals surface area contributed by atoms with Gasteiger partial charge in [0.2, 0.25) is 0 Å². The third kappa shape index (κ3) is 4.69. The summed E-state index contributed by atoms with van der Waals surface area (Å²) in [4.78, 5) is 19.9. The first-order valence-electron chi connectivity index (χ1n) is 11.2. The number of nitrogens with one attached hydrogen (secondary N) is 2. The van der Waals surface area contributed by atoms with E-state index in [0.717, 1.165) is 22.6 Å². The van der Waals surface area contributed by atoms with E-state index in [1.165, 1.54) is 0 Å². The number of aromatic nitrogens is 5. The third-order valence-corrected chi connectivity index (χ3v) is 5.70. The molecule has 0 aliphatic rings. The van der Waals surface area contributed by atoms with Crippen molar-refractivity contribution in [2.24, 2.45) is 0 Å². The van der Waals surface area contributed by atoms with Crippen LogP contribution in [-0.2, 0) is 6.54 Å². The lowest BCUT2D eigenvalue weighted by Crippen LogP contribution is -2.18. The van der Waals surface area contributed by atoms with Crippen LogP contribution in [0.1, 0.15) is 16.1 Å². The van der Waals surface area contributed by atoms with Crippen LogP contribution >= 0.6 is 0 Å². The maximum atomic E-state index is 13.1. The fraction of sp³-hybridized carbons (Fsp3) is 0.154. The molecule has 2 N–H and O–H groups in total. The predicted molar refractivity (Wildman–Crippen MR) is 137 cm³/mol. The number of methoxy groups -OCH3 is 2. The zero-order valence-electron chi connectivity index (χ0n) is 20.1. The van der Waals surface area contributed by atoms with Crippen molar-refractivity contribution in [1.29, 1.82) is 0 Å². The van der Waals surface area contributed by atoms with Gasteiger partial charge in [-0.05, 0) is 5.56 Å². The first-order chi connectivity index (χ1) is 17.5. The van der Waals surface area contributed by atoms with Crippen molar-refractivity contribution < 1.29 is 14.3 Å². The van der Waals surface area contributed by atoms with Gasteiger partial charge in [0.1, 0.15) is 17.3 Å². The highest BCUT2D eigenvalue weighted by atomic mass is 16.5. The monoisotopic (exact) mass is 483 g/mol. The van der Waals surface area contributed by atoms with Gasteiger partial charge in [-0.1, -0.05) is 30.3 Å². The van der Waals surface area contributed by atoms with Gasteiger partial charge in [-0.3, -0.25) is 9.89 Å². The molecule has 0 unspecified atom stereocenters. The molecular weight excluding hydrogens is 458 g/mol. The molecule has 0 aliphatic heterocycles. The maximum Gasteiger partial charge on any atom is 0.276 e. The molecule has 0 fully saturated rings. The molecule has 36 heavy (non-hydrogen) atoms. The van der Waals surface area contributed by atoms with Gasteiger partial charge in [0.15, 0.2) is 11.3 Å². The van der Waals surface area contributed by atoms with E-state index in [1.807, 2.05) is 36.2 Å². The van der Waals surface area contributed by atoms with Crippen LogP contribution in [0.15, 0.2) is 73.1 Å². The summed E-state index contributed by atoms with van der Waals surface area (Å²) in [5.41, 5.74) is 4.03. The highest BCUT2D eigenvalue weighted by Crippen LogP contribution is 2.27. The third-order valence-electron chi connectivity index (χ3n) is 5.70. The van der Waals surface area contributed by atoms with Crippen LogP contribution in [0, 0.1) is 0 Å². The molecule has 0 radical (unpaired) electrons. The number of aromatic amines is 1. The number of anilines is 2. The van der Waals surface area contributed by atoms with Crippen molar-refractivity contribution in [3.8, 4) is 22.8 Å². The Morgan fingerprint density at radius 2 is 1.81 bits per heavy atom. The summed E-state index contributed by atoms with van der Waals surface area (Å²) in [6.45, 7) is 0.675. The van der Waals surface area contributed by atoms with Gasteiger partial charge >= 0.3 is 0 Å². The number of ether oxygens (including phenoxy) is 2. The fourth-order valence-corrected chi connectivity index (χ4v) is 3.88. The number of rotatable bonds is 8. The number of carbonyl (C=O) groups is 1. The van der Waals surface area contributed by atoms with Gasteiger partial charge in [-0.15, -0.1) is 0 Å². The number of fused-ring (bicyclic) bond motifs is 1. The van der Waals surface area contributed by atoms with Crippen molar-refractivity contribution in [2.75, 3.05) is 31.5 Å². The molecule has 5 aromatic rings. The topological polar surface area (TPSA) is 110 Å². The minimum absolute atomic E-state index is 0.219. The van der Waals surface area contributed by atoms with Crippen LogP contribution in [0.5, 0.6) is 11.5 Å². The summed E-state index contributed by atoms with van der Waals surface area (Å²) in [6, 6.07) is 18.9. The Bertz CT molecular complexity index is 1480. The highest BCUT2D eigenvalue weighted by molar-refractivity contribution is 6.03. The maximum absolute atomic E-state index is 13.1. The van der Waals surface area contributed by atoms with Crippen molar-refractivity contribution in [2.45, 2.75) is 6.54 Å². The lowest BCUT2D eigenvalue weighted by molar-refractivity contribution is 0.102. The van der Waals surface area contributed by atoms with Gasteiger partial charge in [0.25, 0.3) is 5.91 Å². The van der Waals surface area contributed by atoms with Crippen LogP contribution in [0.3, 0.4) is 0 Å². The number of hydrogen-bond donors (Lipinski definition) is 2. The van der Waals surface area contributed by atoms with Crippen molar-refractivity contribution in [3.05, 3.63) is 84.3 Å². The van der Waals surface area contributed by atoms with E-state index in [0.29, 0.717) is 29.4 Å². The summed E-state index contributed by atoms with van der Waals surface area (Å²) in [6.07, 6.45) is 3.49. The van der Waals surface area contributed by atoms with Gasteiger partial charge in [-0.25, -0.2) is 9.50 Å². The second-order valence-corrected chi connectivity index (χ2v) is 8.18. The second-order valence-electron chi connectivity index (χ2n) is 8.18. The molecule has 0 saturated carbocycles. The van der Waals surface area contributed by atoms with E-state index >= 15 is 0 Å². The van der Waals surface area contributed by atoms with E-state index < -0.39 is 0 Å². The van der Waals surface area contributed by atoms with Gasteiger partial charge < -0.3 is 19.7 Å². The van der Waals surface area contributed by atoms with E-state index in [1.54, 1.807) is 55.4 Å². The molecule has 0 saturated heterocycles. The standard InChI is InChI=1S/C26H25N7O3/c1-32(16-17-7-5-4-6-8-17)24-13-23(18-14-27-28-15-18)33-25(30-24)12-22(31-33)26(34)29-19-9-20(35-2)11-21(10-19)36-3/h4-15H,16H2,1-3H3,(H,27,28)(H,29,34). The molecule has 0 atom stereocenters. The zero-order valence-corrected chi connectivity index (χ0v) is 20.1. The first-order valence-corrected chi connectivity index (χ1v) is 11.2. The van der Waals surface area contributed by atoms with Crippen LogP contribution in [0.25, 0.3) is 16.9 Å². The SMILES string of the molecule is COc1cc(NC(=O)c2cc3nc(N(C)Cc4ccccc4)cc(-c4cn[nH]c4)n3n2)cc(OC)c1. The van der Waals surface area contributed by atoms with Gasteiger partial charge in [0, 0.05) is 61.4 Å². The molecule has 182 valence electrons. The van der Waals surface area contributed by atoms with Crippen molar-refractivity contribution >= 4 is 23.1 Å². The normalized spacial score (nSPS) is 10.9. The smallest absolute Gasteiger partial charge is 0.276 e. The molecule has 0 bridgehead atoms. The Labute approximate surface area is 207 Å². The number of hydrogen-bond acceptors (Lipinski definition) is 7. The van der Waals surface area contributed by atoms with Crippen LogP contribution < -0.4 is 19.7 Å². The Kier molecular flexibility index (Phi) is 6.23. The minimum atomic E-state index is -0.381. The summed E-state index contributed by atoms with van der Waals surface area (Å²) < 4.78 is 12.2. The molecule has 0 spiro atoms. The Morgan fingerprint density at radius 1 is 1.06 bits per heavy atom. The van der Waals surface area contributed by atoms with Crippen molar-refractivity contribution in [1.82, 2.24) is 24.8 Å².